The molecule has 0 amide bonds. The summed E-state index contributed by atoms with van der Waals surface area (Å²) in [5, 5.41) is 3.46. The van der Waals surface area contributed by atoms with Crippen molar-refractivity contribution in [3.8, 4) is 5.75 Å². The van der Waals surface area contributed by atoms with E-state index in [1.807, 2.05) is 24.3 Å². The van der Waals surface area contributed by atoms with Crippen LogP contribution in [0, 0.1) is 0 Å². The first kappa shape index (κ1) is 19.3. The van der Waals surface area contributed by atoms with Gasteiger partial charge in [-0.15, -0.1) is 0 Å². The predicted molar refractivity (Wildman–Crippen MR) is 104 cm³/mol. The van der Waals surface area contributed by atoms with Gasteiger partial charge < -0.3 is 19.7 Å². The molecule has 1 fully saturated rings. The van der Waals surface area contributed by atoms with Gasteiger partial charge in [-0.2, -0.15) is 13.2 Å². The monoisotopic (exact) mass is 404 g/mol. The first-order chi connectivity index (χ1) is 13.9. The number of aromatic nitrogens is 2. The molecule has 2 heterocycles. The van der Waals surface area contributed by atoms with Gasteiger partial charge in [-0.25, -0.2) is 9.97 Å². The van der Waals surface area contributed by atoms with Crippen molar-refractivity contribution in [2.24, 2.45) is 0 Å². The van der Waals surface area contributed by atoms with E-state index in [1.165, 1.54) is 13.2 Å². The van der Waals surface area contributed by atoms with E-state index in [-0.39, 0.29) is 11.3 Å². The van der Waals surface area contributed by atoms with Crippen LogP contribution in [0.5, 0.6) is 5.75 Å². The summed E-state index contributed by atoms with van der Waals surface area (Å²) < 4.78 is 50.3. The largest absolute Gasteiger partial charge is 0.497 e. The Morgan fingerprint density at radius 3 is 2.41 bits per heavy atom. The molecule has 0 radical (unpaired) electrons. The van der Waals surface area contributed by atoms with Crippen molar-refractivity contribution >= 4 is 28.1 Å². The molecule has 0 bridgehead atoms. The van der Waals surface area contributed by atoms with Gasteiger partial charge in [0.15, 0.2) is 0 Å². The quantitative estimate of drug-likeness (QED) is 0.702. The number of hydrogen-bond donors (Lipinski definition) is 1. The number of nitrogens with zero attached hydrogens (tertiary/aromatic N) is 3. The molecule has 0 spiro atoms. The number of halogens is 3. The molecule has 1 saturated heterocycles. The minimum Gasteiger partial charge on any atom is -0.497 e. The normalized spacial score (nSPS) is 14.8. The number of nitrogens with one attached hydrogen (secondary N) is 1. The summed E-state index contributed by atoms with van der Waals surface area (Å²) >= 11 is 0. The molecule has 1 aromatic heterocycles. The molecule has 6 nitrogen and oxygen atoms in total. The molecule has 1 N–H and O–H groups in total. The second kappa shape index (κ2) is 7.75. The molecule has 0 unspecified atom stereocenters. The van der Waals surface area contributed by atoms with E-state index in [0.29, 0.717) is 30.0 Å². The van der Waals surface area contributed by atoms with Gasteiger partial charge in [0.25, 0.3) is 0 Å². The molecule has 29 heavy (non-hydrogen) atoms. The lowest BCUT2D eigenvalue weighted by molar-refractivity contribution is -0.144. The predicted octanol–water partition coefficient (Wildman–Crippen LogP) is 4.24. The minimum absolute atomic E-state index is 0.0871. The van der Waals surface area contributed by atoms with Crippen molar-refractivity contribution in [1.29, 1.82) is 0 Å². The van der Waals surface area contributed by atoms with Crippen LogP contribution in [0.2, 0.25) is 0 Å². The van der Waals surface area contributed by atoms with E-state index in [2.05, 4.69) is 20.2 Å². The second-order valence-corrected chi connectivity index (χ2v) is 6.55. The zero-order valence-corrected chi connectivity index (χ0v) is 15.7. The molecular weight excluding hydrogens is 385 g/mol. The van der Waals surface area contributed by atoms with Crippen molar-refractivity contribution in [3.05, 3.63) is 48.3 Å². The number of alkyl halides is 3. The van der Waals surface area contributed by atoms with E-state index in [9.17, 15) is 13.2 Å². The van der Waals surface area contributed by atoms with Gasteiger partial charge in [-0.1, -0.05) is 0 Å². The fourth-order valence-corrected chi connectivity index (χ4v) is 3.17. The Balaban J connectivity index is 1.67. The number of ether oxygens (including phenoxy) is 2. The third kappa shape index (κ3) is 4.19. The average Bonchev–Trinajstić information content (AvgIpc) is 2.73. The van der Waals surface area contributed by atoms with E-state index in [4.69, 9.17) is 9.47 Å². The van der Waals surface area contributed by atoms with Crippen molar-refractivity contribution in [2.45, 2.75) is 6.18 Å². The van der Waals surface area contributed by atoms with Crippen molar-refractivity contribution in [2.75, 3.05) is 43.6 Å². The highest BCUT2D eigenvalue weighted by molar-refractivity contribution is 5.91. The van der Waals surface area contributed by atoms with Gasteiger partial charge >= 0.3 is 6.18 Å². The van der Waals surface area contributed by atoms with Crippen LogP contribution in [0.25, 0.3) is 10.9 Å². The summed E-state index contributed by atoms with van der Waals surface area (Å²) in [6.07, 6.45) is -4.66. The molecular formula is C20H19F3N4O2. The standard InChI is InChI=1S/C20H19F3N4O2/c1-28-15-6-7-16-17(12-15)25-19(20(21,22)23)26-18(16)24-13-2-4-14(5-3-13)27-8-10-29-11-9-27/h2-7,12H,8-11H2,1H3,(H,24,25,26). The SMILES string of the molecule is COc1ccc2c(Nc3ccc(N4CCOCC4)cc3)nc(C(F)(F)F)nc2c1. The first-order valence-corrected chi connectivity index (χ1v) is 9.07. The highest BCUT2D eigenvalue weighted by Crippen LogP contribution is 2.33. The van der Waals surface area contributed by atoms with Crippen molar-refractivity contribution in [1.82, 2.24) is 9.97 Å². The lowest BCUT2D eigenvalue weighted by Crippen LogP contribution is -2.36. The third-order valence-electron chi connectivity index (χ3n) is 4.66. The zero-order chi connectivity index (χ0) is 20.4. The molecule has 9 heteroatoms. The number of benzene rings is 2. The van der Waals surface area contributed by atoms with Crippen LogP contribution in [-0.4, -0.2) is 43.4 Å². The lowest BCUT2D eigenvalue weighted by atomic mass is 10.2. The Hall–Kier alpha value is -3.07. The molecule has 0 aliphatic carbocycles. The Bertz CT molecular complexity index is 1000. The van der Waals surface area contributed by atoms with Gasteiger partial charge in [-0.3, -0.25) is 0 Å². The number of morpholine rings is 1. The summed E-state index contributed by atoms with van der Waals surface area (Å²) in [6.45, 7) is 2.97. The highest BCUT2D eigenvalue weighted by atomic mass is 19.4. The van der Waals surface area contributed by atoms with Gasteiger partial charge in [0.05, 0.1) is 25.8 Å². The van der Waals surface area contributed by atoms with E-state index in [1.54, 1.807) is 12.1 Å². The summed E-state index contributed by atoms with van der Waals surface area (Å²) in [4.78, 5) is 9.57. The van der Waals surface area contributed by atoms with Crippen LogP contribution in [0.15, 0.2) is 42.5 Å². The molecule has 0 saturated carbocycles. The van der Waals surface area contributed by atoms with Crippen LogP contribution in [0.4, 0.5) is 30.4 Å². The minimum atomic E-state index is -4.66. The maximum absolute atomic E-state index is 13.3. The van der Waals surface area contributed by atoms with E-state index in [0.717, 1.165) is 18.8 Å². The van der Waals surface area contributed by atoms with Crippen LogP contribution < -0.4 is 15.0 Å². The Labute approximate surface area is 165 Å². The molecule has 1 aliphatic heterocycles. The molecule has 0 atom stereocenters. The Kier molecular flexibility index (Phi) is 5.14. The van der Waals surface area contributed by atoms with Gasteiger partial charge in [0, 0.05) is 35.9 Å². The second-order valence-electron chi connectivity index (χ2n) is 6.55. The van der Waals surface area contributed by atoms with Crippen LogP contribution >= 0.6 is 0 Å². The fourth-order valence-electron chi connectivity index (χ4n) is 3.17. The van der Waals surface area contributed by atoms with E-state index >= 15 is 0 Å². The molecule has 152 valence electrons. The van der Waals surface area contributed by atoms with Gasteiger partial charge in [0.2, 0.25) is 5.82 Å². The van der Waals surface area contributed by atoms with Crippen molar-refractivity contribution in [3.63, 3.8) is 0 Å². The summed E-state index contributed by atoms with van der Waals surface area (Å²) in [7, 11) is 1.45. The molecule has 1 aliphatic rings. The maximum atomic E-state index is 13.3. The van der Waals surface area contributed by atoms with Crippen LogP contribution in [-0.2, 0) is 10.9 Å². The average molecular weight is 404 g/mol. The number of rotatable bonds is 4. The Morgan fingerprint density at radius 1 is 1.03 bits per heavy atom. The van der Waals surface area contributed by atoms with Crippen LogP contribution in [0.3, 0.4) is 0 Å². The highest BCUT2D eigenvalue weighted by Gasteiger charge is 2.35. The zero-order valence-electron chi connectivity index (χ0n) is 15.7. The topological polar surface area (TPSA) is 59.5 Å². The number of anilines is 3. The third-order valence-corrected chi connectivity index (χ3v) is 4.66. The molecule has 3 aromatic rings. The van der Waals surface area contributed by atoms with Gasteiger partial charge in [-0.05, 0) is 36.4 Å². The summed E-state index contributed by atoms with van der Waals surface area (Å²) in [5.74, 6) is -0.695. The Morgan fingerprint density at radius 2 is 1.76 bits per heavy atom. The molecule has 2 aromatic carbocycles. The van der Waals surface area contributed by atoms with Gasteiger partial charge in [0.1, 0.15) is 11.6 Å². The van der Waals surface area contributed by atoms with E-state index < -0.39 is 12.0 Å². The number of fused-ring (bicyclic) bond motifs is 1. The van der Waals surface area contributed by atoms with Crippen molar-refractivity contribution < 1.29 is 22.6 Å². The van der Waals surface area contributed by atoms with Crippen LogP contribution in [0.1, 0.15) is 5.82 Å². The molecule has 4 rings (SSSR count). The smallest absolute Gasteiger partial charge is 0.451 e. The summed E-state index contributed by atoms with van der Waals surface area (Å²) in [6, 6.07) is 12.2. The lowest BCUT2D eigenvalue weighted by Gasteiger charge is -2.28. The number of methoxy groups -OCH3 is 1. The number of hydrogen-bond acceptors (Lipinski definition) is 6. The first-order valence-electron chi connectivity index (χ1n) is 9.07. The summed E-state index contributed by atoms with van der Waals surface area (Å²) in [5.41, 5.74) is 1.82. The maximum Gasteiger partial charge on any atom is 0.451 e. The fraction of sp³-hybridized carbons (Fsp3) is 0.300.